The summed E-state index contributed by atoms with van der Waals surface area (Å²) in [6.45, 7) is 0.980. The van der Waals surface area contributed by atoms with Crippen molar-refractivity contribution in [1.82, 2.24) is 15.2 Å². The summed E-state index contributed by atoms with van der Waals surface area (Å²) in [6.07, 6.45) is 4.27. The summed E-state index contributed by atoms with van der Waals surface area (Å²) in [6, 6.07) is 16.7. The molecule has 3 aromatic rings. The smallest absolute Gasteiger partial charge is 0.208 e. The molecule has 0 spiro atoms. The highest BCUT2D eigenvalue weighted by Crippen LogP contribution is 2.49. The van der Waals surface area contributed by atoms with E-state index in [1.807, 2.05) is 18.2 Å². The molecule has 116 valence electrons. The Morgan fingerprint density at radius 1 is 1.04 bits per heavy atom. The largest absolute Gasteiger partial charge is 0.349 e. The molecular weight excluding hydrogens is 304 g/mol. The second-order valence-electron chi connectivity index (χ2n) is 6.11. The molecule has 1 saturated carbocycles. The third kappa shape index (κ3) is 2.84. The van der Waals surface area contributed by atoms with Crippen molar-refractivity contribution in [3.63, 3.8) is 0 Å². The number of nitrogens with zero attached hydrogens (tertiary/aromatic N) is 4. The first-order chi connectivity index (χ1) is 11.3. The number of likely N-dealkylation sites (N-methyl/N-ethyl adjacent to an activating group) is 1. The molecular formula is C18H18N4S. The number of hydrogen-bond acceptors (Lipinski definition) is 5. The molecule has 0 N–H and O–H groups in total. The molecule has 0 aliphatic heterocycles. The molecule has 0 atom stereocenters. The van der Waals surface area contributed by atoms with Crippen LogP contribution in [0.1, 0.15) is 18.4 Å². The van der Waals surface area contributed by atoms with Crippen LogP contribution in [0.25, 0.3) is 10.7 Å². The fraction of sp³-hybridized carbons (Fsp3) is 0.278. The van der Waals surface area contributed by atoms with Crippen LogP contribution in [-0.2, 0) is 5.41 Å². The van der Waals surface area contributed by atoms with Crippen LogP contribution in [0.4, 0.5) is 5.13 Å². The summed E-state index contributed by atoms with van der Waals surface area (Å²) in [5.74, 6) is 0. The normalized spacial score (nSPS) is 15.3. The van der Waals surface area contributed by atoms with Crippen LogP contribution in [0.5, 0.6) is 0 Å². The number of hydrogen-bond donors (Lipinski definition) is 0. The molecule has 1 aliphatic rings. The zero-order valence-electron chi connectivity index (χ0n) is 13.0. The van der Waals surface area contributed by atoms with Crippen LogP contribution in [0.15, 0.2) is 54.7 Å². The summed E-state index contributed by atoms with van der Waals surface area (Å²) in [7, 11) is 2.10. The second kappa shape index (κ2) is 5.74. The van der Waals surface area contributed by atoms with Crippen LogP contribution in [0, 0.1) is 0 Å². The number of aromatic nitrogens is 3. The summed E-state index contributed by atoms with van der Waals surface area (Å²) < 4.78 is 0. The Kier molecular flexibility index (Phi) is 3.58. The van der Waals surface area contributed by atoms with Gasteiger partial charge in [0.05, 0.1) is 0 Å². The fourth-order valence-electron chi connectivity index (χ4n) is 2.96. The van der Waals surface area contributed by atoms with Gasteiger partial charge in [-0.1, -0.05) is 47.7 Å². The molecule has 2 aromatic heterocycles. The first-order valence-corrected chi connectivity index (χ1v) is 8.60. The fourth-order valence-corrected chi connectivity index (χ4v) is 3.75. The molecule has 0 radical (unpaired) electrons. The van der Waals surface area contributed by atoms with E-state index in [9.17, 15) is 0 Å². The topological polar surface area (TPSA) is 41.9 Å². The highest BCUT2D eigenvalue weighted by atomic mass is 32.1. The summed E-state index contributed by atoms with van der Waals surface area (Å²) in [5.41, 5.74) is 2.60. The van der Waals surface area contributed by atoms with Crippen molar-refractivity contribution in [2.45, 2.75) is 18.3 Å². The van der Waals surface area contributed by atoms with Gasteiger partial charge in [0, 0.05) is 25.2 Å². The van der Waals surface area contributed by atoms with E-state index in [0.717, 1.165) is 22.4 Å². The molecule has 0 amide bonds. The van der Waals surface area contributed by atoms with E-state index >= 15 is 0 Å². The van der Waals surface area contributed by atoms with Crippen LogP contribution >= 0.6 is 11.3 Å². The molecule has 5 heteroatoms. The van der Waals surface area contributed by atoms with Gasteiger partial charge in [-0.2, -0.15) is 0 Å². The molecule has 0 unspecified atom stereocenters. The van der Waals surface area contributed by atoms with Crippen molar-refractivity contribution in [2.75, 3.05) is 18.5 Å². The Morgan fingerprint density at radius 3 is 2.52 bits per heavy atom. The number of benzene rings is 1. The lowest BCUT2D eigenvalue weighted by molar-refractivity contribution is 0.670. The predicted octanol–water partition coefficient (Wildman–Crippen LogP) is 3.77. The first kappa shape index (κ1) is 14.3. The maximum absolute atomic E-state index is 4.35. The van der Waals surface area contributed by atoms with Gasteiger partial charge in [0.1, 0.15) is 5.69 Å². The van der Waals surface area contributed by atoms with E-state index in [1.165, 1.54) is 18.4 Å². The summed E-state index contributed by atoms with van der Waals surface area (Å²) >= 11 is 1.60. The average Bonchev–Trinajstić information content (AvgIpc) is 3.22. The van der Waals surface area contributed by atoms with Gasteiger partial charge in [0.15, 0.2) is 5.01 Å². The summed E-state index contributed by atoms with van der Waals surface area (Å²) in [5, 5.41) is 10.5. The third-order valence-corrected chi connectivity index (χ3v) is 5.46. The van der Waals surface area contributed by atoms with E-state index in [-0.39, 0.29) is 5.41 Å². The Labute approximate surface area is 139 Å². The maximum Gasteiger partial charge on any atom is 0.208 e. The van der Waals surface area contributed by atoms with E-state index in [0.29, 0.717) is 0 Å². The van der Waals surface area contributed by atoms with Gasteiger partial charge >= 0.3 is 0 Å². The van der Waals surface area contributed by atoms with Crippen molar-refractivity contribution in [3.8, 4) is 10.7 Å². The Morgan fingerprint density at radius 2 is 1.83 bits per heavy atom. The molecule has 0 bridgehead atoms. The van der Waals surface area contributed by atoms with Crippen LogP contribution in [-0.4, -0.2) is 28.8 Å². The number of rotatable bonds is 5. The minimum absolute atomic E-state index is 0.285. The molecule has 23 heavy (non-hydrogen) atoms. The molecule has 1 fully saturated rings. The lowest BCUT2D eigenvalue weighted by Crippen LogP contribution is -2.29. The van der Waals surface area contributed by atoms with Crippen LogP contribution in [0.3, 0.4) is 0 Å². The first-order valence-electron chi connectivity index (χ1n) is 7.78. The zero-order valence-corrected chi connectivity index (χ0v) is 13.8. The predicted molar refractivity (Wildman–Crippen MR) is 93.8 cm³/mol. The Bertz CT molecular complexity index is 781. The van der Waals surface area contributed by atoms with Crippen molar-refractivity contribution in [1.29, 1.82) is 0 Å². The van der Waals surface area contributed by atoms with Crippen molar-refractivity contribution in [3.05, 3.63) is 60.3 Å². The van der Waals surface area contributed by atoms with Gasteiger partial charge in [-0.05, 0) is 30.5 Å². The number of pyridine rings is 1. The Balaban J connectivity index is 1.52. The van der Waals surface area contributed by atoms with Gasteiger partial charge in [0.25, 0.3) is 0 Å². The van der Waals surface area contributed by atoms with Crippen LogP contribution < -0.4 is 4.90 Å². The SMILES string of the molecule is CN(CC1(c2ccccc2)CC1)c1nnc(-c2ccccn2)s1. The van der Waals surface area contributed by atoms with Crippen LogP contribution in [0.2, 0.25) is 0 Å². The van der Waals surface area contributed by atoms with Gasteiger partial charge in [0.2, 0.25) is 5.13 Å². The molecule has 1 aliphatic carbocycles. The minimum atomic E-state index is 0.285. The van der Waals surface area contributed by atoms with Crippen molar-refractivity contribution >= 4 is 16.5 Å². The van der Waals surface area contributed by atoms with Gasteiger partial charge in [-0.3, -0.25) is 4.98 Å². The lowest BCUT2D eigenvalue weighted by atomic mass is 9.96. The van der Waals surface area contributed by atoms with Gasteiger partial charge in [-0.15, -0.1) is 10.2 Å². The molecule has 4 nitrogen and oxygen atoms in total. The van der Waals surface area contributed by atoms with E-state index in [1.54, 1.807) is 17.5 Å². The highest BCUT2D eigenvalue weighted by Gasteiger charge is 2.45. The van der Waals surface area contributed by atoms with Gasteiger partial charge < -0.3 is 4.90 Å². The van der Waals surface area contributed by atoms with E-state index < -0.39 is 0 Å². The minimum Gasteiger partial charge on any atom is -0.349 e. The van der Waals surface area contributed by atoms with E-state index in [2.05, 4.69) is 57.5 Å². The monoisotopic (exact) mass is 322 g/mol. The molecule has 2 heterocycles. The maximum atomic E-state index is 4.35. The highest BCUT2D eigenvalue weighted by molar-refractivity contribution is 7.18. The summed E-state index contributed by atoms with van der Waals surface area (Å²) in [4.78, 5) is 6.57. The standard InChI is InChI=1S/C18H18N4S/c1-22(13-18(10-11-18)14-7-3-2-4-8-14)17-21-20-16(23-17)15-9-5-6-12-19-15/h2-9,12H,10-11,13H2,1H3. The number of anilines is 1. The molecule has 1 aromatic carbocycles. The van der Waals surface area contributed by atoms with Crippen molar-refractivity contribution < 1.29 is 0 Å². The quantitative estimate of drug-likeness (QED) is 0.717. The second-order valence-corrected chi connectivity index (χ2v) is 7.06. The molecule has 0 saturated heterocycles. The third-order valence-electron chi connectivity index (χ3n) is 4.40. The zero-order chi connectivity index (χ0) is 15.7. The average molecular weight is 322 g/mol. The molecule has 4 rings (SSSR count). The Hall–Kier alpha value is -2.27. The van der Waals surface area contributed by atoms with E-state index in [4.69, 9.17) is 0 Å². The van der Waals surface area contributed by atoms with Crippen molar-refractivity contribution in [2.24, 2.45) is 0 Å². The van der Waals surface area contributed by atoms with Gasteiger partial charge in [-0.25, -0.2) is 0 Å². The lowest BCUT2D eigenvalue weighted by Gasteiger charge is -2.23.